The first-order valence-corrected chi connectivity index (χ1v) is 10.1. The summed E-state index contributed by atoms with van der Waals surface area (Å²) >= 11 is 0.987. The molecule has 0 saturated carbocycles. The van der Waals surface area contributed by atoms with Gasteiger partial charge >= 0.3 is 11.9 Å². The molecule has 0 aliphatic carbocycles. The van der Waals surface area contributed by atoms with E-state index >= 15 is 0 Å². The molecule has 1 aromatic rings. The maximum Gasteiger partial charge on any atom is 0.327 e. The molecular weight excluding hydrogens is 453 g/mol. The van der Waals surface area contributed by atoms with E-state index in [2.05, 4.69) is 4.74 Å². The third-order valence-corrected chi connectivity index (χ3v) is 6.55. The van der Waals surface area contributed by atoms with Gasteiger partial charge in [0.1, 0.15) is 6.04 Å². The average Bonchev–Trinajstić information content (AvgIpc) is 3.02. The Morgan fingerprint density at radius 1 is 1.13 bits per heavy atom. The van der Waals surface area contributed by atoms with Crippen molar-refractivity contribution < 1.29 is 51.3 Å². The summed E-state index contributed by atoms with van der Waals surface area (Å²) in [5.74, 6) is -17.0. The highest BCUT2D eigenvalue weighted by Gasteiger charge is 2.61. The number of aliphatic hydroxyl groups is 1. The number of esters is 1. The molecule has 2 aliphatic rings. The number of amides is 1. The molecular formula is C18H16F5NO6S. The van der Waals surface area contributed by atoms with Crippen LogP contribution in [0, 0.1) is 35.0 Å². The summed E-state index contributed by atoms with van der Waals surface area (Å²) < 4.78 is 70.8. The number of rotatable bonds is 7. The van der Waals surface area contributed by atoms with E-state index < -0.39 is 88.5 Å². The molecule has 1 aromatic carbocycles. The molecule has 170 valence electrons. The van der Waals surface area contributed by atoms with E-state index in [0.717, 1.165) is 11.8 Å². The van der Waals surface area contributed by atoms with Gasteiger partial charge in [-0.15, -0.1) is 0 Å². The molecule has 0 bridgehead atoms. The number of fused-ring (bicyclic) bond motifs is 1. The summed E-state index contributed by atoms with van der Waals surface area (Å²) in [6.45, 7) is 1.42. The monoisotopic (exact) mass is 469 g/mol. The van der Waals surface area contributed by atoms with E-state index in [-0.39, 0.29) is 12.2 Å². The van der Waals surface area contributed by atoms with E-state index in [1.807, 2.05) is 0 Å². The van der Waals surface area contributed by atoms with Gasteiger partial charge in [-0.25, -0.2) is 18.0 Å². The summed E-state index contributed by atoms with van der Waals surface area (Å²) in [4.78, 5) is 36.7. The van der Waals surface area contributed by atoms with Crippen LogP contribution in [0.5, 0.6) is 5.75 Å². The second kappa shape index (κ2) is 8.61. The number of β-lactam (4-membered cyclic amide) rings is 1. The van der Waals surface area contributed by atoms with Gasteiger partial charge in [0.15, 0.2) is 0 Å². The van der Waals surface area contributed by atoms with Crippen molar-refractivity contribution in [3.63, 3.8) is 0 Å². The first-order chi connectivity index (χ1) is 14.5. The number of carbonyl (C=O) groups is 3. The Balaban J connectivity index is 1.61. The zero-order chi connectivity index (χ0) is 23.2. The molecule has 13 heteroatoms. The van der Waals surface area contributed by atoms with Gasteiger partial charge in [0.2, 0.25) is 40.7 Å². The zero-order valence-corrected chi connectivity index (χ0v) is 16.6. The number of aliphatic carboxylic acids is 1. The quantitative estimate of drug-likeness (QED) is 0.157. The third-order valence-electron chi connectivity index (χ3n) is 5.23. The van der Waals surface area contributed by atoms with Crippen molar-refractivity contribution in [2.45, 2.75) is 43.2 Å². The van der Waals surface area contributed by atoms with Crippen LogP contribution < -0.4 is 4.74 Å². The van der Waals surface area contributed by atoms with Gasteiger partial charge in [-0.2, -0.15) is 20.5 Å². The predicted molar refractivity (Wildman–Crippen MR) is 94.6 cm³/mol. The Morgan fingerprint density at radius 3 is 2.19 bits per heavy atom. The third kappa shape index (κ3) is 3.95. The van der Waals surface area contributed by atoms with Crippen molar-refractivity contribution >= 4 is 29.6 Å². The van der Waals surface area contributed by atoms with Crippen molar-refractivity contribution in [1.29, 1.82) is 0 Å². The normalized spacial score (nSPS) is 25.8. The number of carbonyl (C=O) groups excluding carboxylic acids is 2. The van der Waals surface area contributed by atoms with Crippen LogP contribution in [0.15, 0.2) is 0 Å². The van der Waals surface area contributed by atoms with Crippen LogP contribution in [0.3, 0.4) is 0 Å². The van der Waals surface area contributed by atoms with Crippen LogP contribution >= 0.6 is 11.8 Å². The van der Waals surface area contributed by atoms with Crippen LogP contribution in [-0.2, 0) is 14.4 Å². The minimum Gasteiger partial charge on any atom is -0.480 e. The summed E-state index contributed by atoms with van der Waals surface area (Å²) in [7, 11) is 0. The van der Waals surface area contributed by atoms with Gasteiger partial charge in [0.05, 0.1) is 18.4 Å². The van der Waals surface area contributed by atoms with Crippen LogP contribution in [0.25, 0.3) is 0 Å². The largest absolute Gasteiger partial charge is 0.480 e. The fourth-order valence-electron chi connectivity index (χ4n) is 3.84. The Morgan fingerprint density at radius 2 is 1.68 bits per heavy atom. The molecule has 3 rings (SSSR count). The number of aliphatic hydroxyl groups excluding tert-OH is 1. The number of hydrogen-bond acceptors (Lipinski definition) is 6. The van der Waals surface area contributed by atoms with Gasteiger partial charge in [-0.1, -0.05) is 0 Å². The van der Waals surface area contributed by atoms with E-state index in [0.29, 0.717) is 0 Å². The predicted octanol–water partition coefficient (Wildman–Crippen LogP) is 1.84. The van der Waals surface area contributed by atoms with E-state index in [9.17, 15) is 46.5 Å². The Bertz CT molecular complexity index is 916. The Kier molecular flexibility index (Phi) is 6.46. The lowest BCUT2D eigenvalue weighted by Crippen LogP contribution is -2.64. The number of ether oxygens (including phenoxy) is 1. The topological polar surface area (TPSA) is 104 Å². The maximum atomic E-state index is 13.6. The Hall–Kier alpha value is -2.41. The highest BCUT2D eigenvalue weighted by molar-refractivity contribution is 8.00. The minimum absolute atomic E-state index is 0.100. The lowest BCUT2D eigenvalue weighted by atomic mass is 9.84. The second-order valence-corrected chi connectivity index (χ2v) is 8.48. The van der Waals surface area contributed by atoms with Crippen LogP contribution in [-0.4, -0.2) is 62.1 Å². The highest BCUT2D eigenvalue weighted by Crippen LogP contribution is 2.45. The molecule has 0 aromatic heterocycles. The van der Waals surface area contributed by atoms with Gasteiger partial charge in [-0.3, -0.25) is 9.59 Å². The van der Waals surface area contributed by atoms with Gasteiger partial charge in [0.25, 0.3) is 0 Å². The molecule has 2 N–H and O–H groups in total. The summed E-state index contributed by atoms with van der Waals surface area (Å²) in [6, 6.07) is -1.64. The summed E-state index contributed by atoms with van der Waals surface area (Å²) in [5, 5.41) is 18.5. The van der Waals surface area contributed by atoms with E-state index in [4.69, 9.17) is 0 Å². The number of halogens is 5. The van der Waals surface area contributed by atoms with Crippen molar-refractivity contribution in [2.24, 2.45) is 5.92 Å². The molecule has 2 fully saturated rings. The number of benzene rings is 1. The van der Waals surface area contributed by atoms with E-state index in [1.54, 1.807) is 0 Å². The minimum atomic E-state index is -2.39. The number of carboxylic acid groups (broad SMARTS) is 1. The lowest BCUT2D eigenvalue weighted by Gasteiger charge is -2.45. The molecule has 0 radical (unpaired) electrons. The van der Waals surface area contributed by atoms with Gasteiger partial charge < -0.3 is 19.8 Å². The number of nitrogens with zero attached hydrogens (tertiary/aromatic N) is 1. The zero-order valence-electron chi connectivity index (χ0n) is 15.8. The van der Waals surface area contributed by atoms with Crippen LogP contribution in [0.1, 0.15) is 19.8 Å². The first kappa shape index (κ1) is 23.3. The molecule has 7 nitrogen and oxygen atoms in total. The maximum absolute atomic E-state index is 13.6. The van der Waals surface area contributed by atoms with E-state index in [1.165, 1.54) is 11.8 Å². The average molecular weight is 469 g/mol. The molecule has 1 amide bonds. The number of carboxylic acids is 1. The van der Waals surface area contributed by atoms with Crippen molar-refractivity contribution in [3.05, 3.63) is 29.1 Å². The SMILES string of the molecule is C[C@@H](O)[C@H]1C(=O)N2C(C(=O)O)C(SCCC(=O)Oc3c(F)c(F)c(F)c(F)c3F)C[C@H]12. The lowest BCUT2D eigenvalue weighted by molar-refractivity contribution is -0.169. The molecule has 2 unspecified atom stereocenters. The van der Waals surface area contributed by atoms with Crippen molar-refractivity contribution in [2.75, 3.05) is 5.75 Å². The second-order valence-electron chi connectivity index (χ2n) is 7.13. The smallest absolute Gasteiger partial charge is 0.327 e. The van der Waals surface area contributed by atoms with Crippen LogP contribution in [0.2, 0.25) is 0 Å². The Labute approximate surface area is 176 Å². The number of thioether (sulfide) groups is 1. The van der Waals surface area contributed by atoms with Gasteiger partial charge in [-0.05, 0) is 13.3 Å². The standard InChI is InChI=1S/C18H16F5NO6S/c1-5(25)9-6-4-7(15(18(28)29)24(6)17(9)27)31-3-2-8(26)30-16-13(22)11(20)10(19)12(21)14(16)23/h5-7,9,15,25H,2-4H2,1H3,(H,28,29)/t5-,6-,7?,9-,15?/m1/s1. The fraction of sp³-hybridized carbons (Fsp3) is 0.500. The van der Waals surface area contributed by atoms with Gasteiger partial charge in [0, 0.05) is 17.0 Å². The molecule has 2 heterocycles. The highest BCUT2D eigenvalue weighted by atomic mass is 32.2. The number of hydrogen-bond donors (Lipinski definition) is 2. The first-order valence-electron chi connectivity index (χ1n) is 9.04. The molecule has 2 aliphatic heterocycles. The summed E-state index contributed by atoms with van der Waals surface area (Å²) in [5.41, 5.74) is 0. The molecule has 5 atom stereocenters. The molecule has 2 saturated heterocycles. The van der Waals surface area contributed by atoms with Crippen molar-refractivity contribution in [3.8, 4) is 5.75 Å². The molecule has 31 heavy (non-hydrogen) atoms. The van der Waals surface area contributed by atoms with Crippen LogP contribution in [0.4, 0.5) is 22.0 Å². The van der Waals surface area contributed by atoms with Crippen molar-refractivity contribution in [1.82, 2.24) is 4.90 Å². The fourth-order valence-corrected chi connectivity index (χ4v) is 5.19. The summed E-state index contributed by atoms with van der Waals surface area (Å²) in [6.07, 6.45) is -1.23. The molecule has 0 spiro atoms.